The van der Waals surface area contributed by atoms with Crippen LogP contribution in [0, 0.1) is 5.82 Å². The molecule has 0 atom stereocenters. The lowest BCUT2D eigenvalue weighted by Gasteiger charge is -2.22. The summed E-state index contributed by atoms with van der Waals surface area (Å²) < 4.78 is 14.8. The molecule has 0 bridgehead atoms. The minimum Gasteiger partial charge on any atom is -0.267 e. The molecule has 1 heterocycles. The van der Waals surface area contributed by atoms with Gasteiger partial charge in [0.1, 0.15) is 5.82 Å². The van der Waals surface area contributed by atoms with E-state index < -0.39 is 17.6 Å². The van der Waals surface area contributed by atoms with Gasteiger partial charge in [-0.25, -0.2) is 4.39 Å². The van der Waals surface area contributed by atoms with Crippen molar-refractivity contribution in [3.8, 4) is 0 Å². The molecule has 25 heavy (non-hydrogen) atoms. The Morgan fingerprint density at radius 1 is 1.12 bits per heavy atom. The first-order chi connectivity index (χ1) is 11.8. The lowest BCUT2D eigenvalue weighted by molar-refractivity contribution is 0.0843. The summed E-state index contributed by atoms with van der Waals surface area (Å²) in [5.74, 6) is -0.991. The second kappa shape index (κ2) is 6.31. The van der Waals surface area contributed by atoms with Gasteiger partial charge in [-0.05, 0) is 63.9 Å². The summed E-state index contributed by atoms with van der Waals surface area (Å²) in [5, 5.41) is 4.41. The van der Waals surface area contributed by atoms with E-state index in [-0.39, 0.29) is 16.8 Å². The average Bonchev–Trinajstić information content (AvgIpc) is 3.29. The minimum atomic E-state index is -0.522. The van der Waals surface area contributed by atoms with Crippen molar-refractivity contribution >= 4 is 11.8 Å². The number of carbonyl (C=O) groups is 2. The molecule has 1 aliphatic rings. The third-order valence-electron chi connectivity index (χ3n) is 4.00. The van der Waals surface area contributed by atoms with Gasteiger partial charge in [-0.2, -0.15) is 5.10 Å². The summed E-state index contributed by atoms with van der Waals surface area (Å²) in [6.07, 6.45) is 2.20. The zero-order valence-corrected chi connectivity index (χ0v) is 14.5. The Bertz CT molecular complexity index is 801. The summed E-state index contributed by atoms with van der Waals surface area (Å²) in [4.78, 5) is 24.3. The first-order valence-corrected chi connectivity index (χ1v) is 8.22. The van der Waals surface area contributed by atoms with Gasteiger partial charge in [-0.1, -0.05) is 0 Å². The molecule has 0 aliphatic heterocycles. The quantitative estimate of drug-likeness (QED) is 0.841. The van der Waals surface area contributed by atoms with Crippen LogP contribution >= 0.6 is 0 Å². The van der Waals surface area contributed by atoms with Crippen LogP contribution in [-0.2, 0) is 5.54 Å². The number of aromatic nitrogens is 2. The third kappa shape index (κ3) is 3.87. The zero-order valence-electron chi connectivity index (χ0n) is 14.5. The molecule has 1 aromatic carbocycles. The fourth-order valence-electron chi connectivity index (χ4n) is 2.56. The van der Waals surface area contributed by atoms with Crippen LogP contribution in [0.3, 0.4) is 0 Å². The highest BCUT2D eigenvalue weighted by Crippen LogP contribution is 2.41. The van der Waals surface area contributed by atoms with E-state index >= 15 is 0 Å². The summed E-state index contributed by atoms with van der Waals surface area (Å²) in [7, 11) is 0. The molecule has 0 saturated heterocycles. The van der Waals surface area contributed by atoms with Gasteiger partial charge in [0.2, 0.25) is 0 Å². The van der Waals surface area contributed by atoms with E-state index in [9.17, 15) is 14.0 Å². The second-order valence-corrected chi connectivity index (χ2v) is 7.23. The number of hydrazine groups is 1. The van der Waals surface area contributed by atoms with Crippen LogP contribution in [0.15, 0.2) is 30.3 Å². The second-order valence-electron chi connectivity index (χ2n) is 7.23. The van der Waals surface area contributed by atoms with Gasteiger partial charge in [0.05, 0.1) is 5.54 Å². The largest absolute Gasteiger partial charge is 0.290 e. The van der Waals surface area contributed by atoms with Crippen molar-refractivity contribution in [1.82, 2.24) is 20.6 Å². The maximum Gasteiger partial charge on any atom is 0.290 e. The number of halogens is 1. The fourth-order valence-corrected chi connectivity index (χ4v) is 2.56. The van der Waals surface area contributed by atoms with Crippen LogP contribution in [0.4, 0.5) is 4.39 Å². The highest BCUT2D eigenvalue weighted by molar-refractivity contribution is 5.98. The number of rotatable bonds is 3. The van der Waals surface area contributed by atoms with E-state index in [4.69, 9.17) is 0 Å². The van der Waals surface area contributed by atoms with Crippen LogP contribution in [-0.4, -0.2) is 21.6 Å². The SMILES string of the molecule is CC(C)(C)n1nc(C(=O)NNC(=O)c2ccc(F)cc2)cc1C1CC1. The summed E-state index contributed by atoms with van der Waals surface area (Å²) >= 11 is 0. The van der Waals surface area contributed by atoms with Gasteiger partial charge < -0.3 is 0 Å². The summed E-state index contributed by atoms with van der Waals surface area (Å²) in [5.41, 5.74) is 6.00. The van der Waals surface area contributed by atoms with E-state index in [1.54, 1.807) is 6.07 Å². The Hall–Kier alpha value is -2.70. The molecule has 2 amide bonds. The molecule has 1 aliphatic carbocycles. The first-order valence-electron chi connectivity index (χ1n) is 8.22. The fraction of sp³-hybridized carbons (Fsp3) is 0.389. The molecule has 6 nitrogen and oxygen atoms in total. The Kier molecular flexibility index (Phi) is 4.32. The molecule has 1 saturated carbocycles. The Morgan fingerprint density at radius 3 is 2.28 bits per heavy atom. The number of hydrogen-bond acceptors (Lipinski definition) is 3. The van der Waals surface area contributed by atoms with Gasteiger partial charge in [0, 0.05) is 17.2 Å². The predicted octanol–water partition coefficient (Wildman–Crippen LogP) is 2.73. The number of amides is 2. The van der Waals surface area contributed by atoms with Crippen LogP contribution in [0.25, 0.3) is 0 Å². The number of benzene rings is 1. The number of nitrogens with zero attached hydrogens (tertiary/aromatic N) is 2. The van der Waals surface area contributed by atoms with Crippen molar-refractivity contribution in [2.45, 2.75) is 45.1 Å². The molecular formula is C18H21FN4O2. The van der Waals surface area contributed by atoms with Crippen LogP contribution < -0.4 is 10.9 Å². The number of carbonyl (C=O) groups excluding carboxylic acids is 2. The van der Waals surface area contributed by atoms with Crippen molar-refractivity contribution in [1.29, 1.82) is 0 Å². The molecule has 1 aromatic heterocycles. The highest BCUT2D eigenvalue weighted by atomic mass is 19.1. The molecule has 0 unspecified atom stereocenters. The molecule has 0 radical (unpaired) electrons. The van der Waals surface area contributed by atoms with Crippen LogP contribution in [0.2, 0.25) is 0 Å². The molecule has 1 fully saturated rings. The van der Waals surface area contributed by atoms with E-state index in [0.29, 0.717) is 5.92 Å². The highest BCUT2D eigenvalue weighted by Gasteiger charge is 2.32. The smallest absolute Gasteiger partial charge is 0.267 e. The molecule has 2 aromatic rings. The zero-order chi connectivity index (χ0) is 18.2. The molecule has 132 valence electrons. The van der Waals surface area contributed by atoms with Crippen molar-refractivity contribution in [3.05, 3.63) is 53.1 Å². The maximum absolute atomic E-state index is 12.9. The number of hydrogen-bond donors (Lipinski definition) is 2. The minimum absolute atomic E-state index is 0.228. The normalized spacial score (nSPS) is 14.2. The van der Waals surface area contributed by atoms with Crippen molar-refractivity contribution in [2.24, 2.45) is 0 Å². The van der Waals surface area contributed by atoms with Crippen LogP contribution in [0.5, 0.6) is 0 Å². The predicted molar refractivity (Wildman–Crippen MR) is 90.5 cm³/mol. The Balaban J connectivity index is 1.69. The van der Waals surface area contributed by atoms with E-state index in [0.717, 1.165) is 18.5 Å². The van der Waals surface area contributed by atoms with E-state index in [1.165, 1.54) is 24.3 Å². The summed E-state index contributed by atoms with van der Waals surface area (Å²) in [6, 6.07) is 6.84. The topological polar surface area (TPSA) is 76.0 Å². The standard InChI is InChI=1S/C18H21FN4O2/c1-18(2,3)23-15(11-4-5-11)10-14(22-23)17(25)21-20-16(24)12-6-8-13(19)9-7-12/h6-11H,4-5H2,1-3H3,(H,20,24)(H,21,25). The monoisotopic (exact) mass is 344 g/mol. The summed E-state index contributed by atoms with van der Waals surface area (Å²) in [6.45, 7) is 6.09. The molecule has 0 spiro atoms. The van der Waals surface area contributed by atoms with Gasteiger partial charge >= 0.3 is 0 Å². The van der Waals surface area contributed by atoms with Gasteiger partial charge in [-0.15, -0.1) is 0 Å². The van der Waals surface area contributed by atoms with E-state index in [2.05, 4.69) is 16.0 Å². The third-order valence-corrected chi connectivity index (χ3v) is 4.00. The van der Waals surface area contributed by atoms with Gasteiger partial charge in [0.25, 0.3) is 11.8 Å². The average molecular weight is 344 g/mol. The lowest BCUT2D eigenvalue weighted by Crippen LogP contribution is -2.42. The Morgan fingerprint density at radius 2 is 1.72 bits per heavy atom. The molecule has 7 heteroatoms. The van der Waals surface area contributed by atoms with Gasteiger partial charge in [0.15, 0.2) is 5.69 Å². The van der Waals surface area contributed by atoms with Gasteiger partial charge in [-0.3, -0.25) is 25.1 Å². The number of nitrogens with one attached hydrogen (secondary N) is 2. The first kappa shape index (κ1) is 17.1. The van der Waals surface area contributed by atoms with Crippen molar-refractivity contribution in [3.63, 3.8) is 0 Å². The van der Waals surface area contributed by atoms with Crippen molar-refractivity contribution in [2.75, 3.05) is 0 Å². The lowest BCUT2D eigenvalue weighted by atomic mass is 10.1. The van der Waals surface area contributed by atoms with E-state index in [1.807, 2.05) is 25.5 Å². The van der Waals surface area contributed by atoms with Crippen molar-refractivity contribution < 1.29 is 14.0 Å². The molecule has 3 rings (SSSR count). The molecular weight excluding hydrogens is 323 g/mol. The van der Waals surface area contributed by atoms with Crippen LogP contribution in [0.1, 0.15) is 66.1 Å². The maximum atomic E-state index is 12.9. The molecule has 2 N–H and O–H groups in total. The Labute approximate surface area is 145 Å².